The summed E-state index contributed by atoms with van der Waals surface area (Å²) in [6.07, 6.45) is 1.23. The number of hydrogen-bond acceptors (Lipinski definition) is 2. The van der Waals surface area contributed by atoms with Crippen molar-refractivity contribution in [3.63, 3.8) is 0 Å². The molecule has 0 N–H and O–H groups in total. The largest absolute Gasteiger partial charge is 0.294 e. The lowest BCUT2D eigenvalue weighted by molar-refractivity contribution is 0.100. The lowest BCUT2D eigenvalue weighted by atomic mass is 9.85. The number of Topliss-reactive ketones (excluding diaryl/α,β-unsaturated/α-hetero) is 1. The minimum atomic E-state index is -0.163. The molecule has 0 aromatic heterocycles. The predicted molar refractivity (Wildman–Crippen MR) is 91.2 cm³/mol. The molecule has 0 unspecified atom stereocenters. The highest BCUT2D eigenvalue weighted by atomic mass is 35.5. The molecule has 0 amide bonds. The Labute approximate surface area is 135 Å². The van der Waals surface area contributed by atoms with Gasteiger partial charge in [0.2, 0.25) is 0 Å². The summed E-state index contributed by atoms with van der Waals surface area (Å²) in [6, 6.07) is 15.2. The number of aliphatic imine (C=N–C) groups is 1. The van der Waals surface area contributed by atoms with Gasteiger partial charge in [0, 0.05) is 10.6 Å². The fourth-order valence-corrected chi connectivity index (χ4v) is 3.04. The van der Waals surface area contributed by atoms with Gasteiger partial charge in [-0.15, -0.1) is 0 Å². The highest BCUT2D eigenvalue weighted by Gasteiger charge is 2.27. The van der Waals surface area contributed by atoms with Crippen LogP contribution in [-0.2, 0) is 6.42 Å². The third kappa shape index (κ3) is 3.12. The van der Waals surface area contributed by atoms with Gasteiger partial charge in [-0.1, -0.05) is 35.9 Å². The van der Waals surface area contributed by atoms with Gasteiger partial charge in [-0.25, -0.2) is 0 Å². The number of carbonyl (C=O) groups excluding carboxylic acids is 1. The second-order valence-electron chi connectivity index (χ2n) is 6.31. The van der Waals surface area contributed by atoms with Crippen LogP contribution >= 0.6 is 11.6 Å². The minimum Gasteiger partial charge on any atom is -0.294 e. The maximum Gasteiger partial charge on any atom is 0.168 e. The first-order valence-corrected chi connectivity index (χ1v) is 7.78. The van der Waals surface area contributed by atoms with E-state index in [1.807, 2.05) is 12.1 Å². The number of carbonyl (C=O) groups is 1. The molecule has 0 bridgehead atoms. The number of hydrogen-bond donors (Lipinski definition) is 0. The molecule has 0 aliphatic carbocycles. The molecule has 22 heavy (non-hydrogen) atoms. The number of rotatable bonds is 3. The highest BCUT2D eigenvalue weighted by Crippen LogP contribution is 2.28. The molecule has 3 rings (SSSR count). The summed E-state index contributed by atoms with van der Waals surface area (Å²) in [5.41, 5.74) is 3.76. The van der Waals surface area contributed by atoms with Crippen LogP contribution in [0.4, 0.5) is 0 Å². The van der Waals surface area contributed by atoms with Gasteiger partial charge in [-0.05, 0) is 55.7 Å². The van der Waals surface area contributed by atoms with E-state index in [4.69, 9.17) is 16.6 Å². The van der Waals surface area contributed by atoms with E-state index in [9.17, 15) is 4.79 Å². The van der Waals surface area contributed by atoms with Gasteiger partial charge in [0.1, 0.15) is 0 Å². The van der Waals surface area contributed by atoms with Gasteiger partial charge in [-0.2, -0.15) is 0 Å². The molecule has 2 nitrogen and oxygen atoms in total. The van der Waals surface area contributed by atoms with Crippen LogP contribution in [0.25, 0.3) is 0 Å². The van der Waals surface area contributed by atoms with Crippen LogP contribution in [-0.4, -0.2) is 17.0 Å². The minimum absolute atomic E-state index is 0.0721. The summed E-state index contributed by atoms with van der Waals surface area (Å²) in [7, 11) is 0. The molecular formula is C19H18ClNO. The van der Waals surface area contributed by atoms with Gasteiger partial charge >= 0.3 is 0 Å². The van der Waals surface area contributed by atoms with Crippen molar-refractivity contribution < 1.29 is 4.79 Å². The zero-order chi connectivity index (χ0) is 15.7. The third-order valence-corrected chi connectivity index (χ3v) is 4.14. The van der Waals surface area contributed by atoms with Crippen molar-refractivity contribution in [3.8, 4) is 0 Å². The molecule has 0 atom stereocenters. The number of ketones is 1. The van der Waals surface area contributed by atoms with Crippen LogP contribution in [0.3, 0.4) is 0 Å². The van der Waals surface area contributed by atoms with Crippen LogP contribution < -0.4 is 0 Å². The summed E-state index contributed by atoms with van der Waals surface area (Å²) in [6.45, 7) is 4.21. The molecule has 1 aliphatic heterocycles. The van der Waals surface area contributed by atoms with E-state index < -0.39 is 0 Å². The molecule has 0 saturated carbocycles. The molecule has 2 aromatic carbocycles. The SMILES string of the molecule is CC1(C)Cc2ccccc2C(CC(=O)c2ccc(Cl)cc2)=N1. The molecule has 0 radical (unpaired) electrons. The van der Waals surface area contributed by atoms with Gasteiger partial charge < -0.3 is 0 Å². The van der Waals surface area contributed by atoms with Crippen LogP contribution in [0, 0.1) is 0 Å². The van der Waals surface area contributed by atoms with E-state index in [1.165, 1.54) is 5.56 Å². The average molecular weight is 312 g/mol. The van der Waals surface area contributed by atoms with E-state index in [0.29, 0.717) is 17.0 Å². The first-order chi connectivity index (χ1) is 10.4. The van der Waals surface area contributed by atoms with Crippen molar-refractivity contribution in [1.82, 2.24) is 0 Å². The Kier molecular flexibility index (Phi) is 3.88. The predicted octanol–water partition coefficient (Wildman–Crippen LogP) is 4.74. The molecular weight excluding hydrogens is 294 g/mol. The van der Waals surface area contributed by atoms with E-state index >= 15 is 0 Å². The zero-order valence-corrected chi connectivity index (χ0v) is 13.5. The van der Waals surface area contributed by atoms with E-state index in [2.05, 4.69) is 26.0 Å². The van der Waals surface area contributed by atoms with E-state index in [1.54, 1.807) is 24.3 Å². The normalized spacial score (nSPS) is 15.9. The molecule has 0 saturated heterocycles. The maximum absolute atomic E-state index is 12.5. The van der Waals surface area contributed by atoms with Gasteiger partial charge in [0.05, 0.1) is 17.7 Å². The van der Waals surface area contributed by atoms with Crippen LogP contribution in [0.15, 0.2) is 53.5 Å². The Morgan fingerprint density at radius 3 is 2.55 bits per heavy atom. The lowest BCUT2D eigenvalue weighted by Gasteiger charge is -2.29. The first-order valence-electron chi connectivity index (χ1n) is 7.40. The van der Waals surface area contributed by atoms with E-state index in [-0.39, 0.29) is 11.3 Å². The number of benzene rings is 2. The van der Waals surface area contributed by atoms with Gasteiger partial charge in [-0.3, -0.25) is 9.79 Å². The summed E-state index contributed by atoms with van der Waals surface area (Å²) in [4.78, 5) is 17.3. The Morgan fingerprint density at radius 1 is 1.14 bits per heavy atom. The first kappa shape index (κ1) is 15.0. The molecule has 0 fully saturated rings. The molecule has 3 heteroatoms. The number of halogens is 1. The molecule has 1 aliphatic rings. The van der Waals surface area contributed by atoms with Crippen molar-refractivity contribution in [2.24, 2.45) is 4.99 Å². The zero-order valence-electron chi connectivity index (χ0n) is 12.8. The summed E-state index contributed by atoms with van der Waals surface area (Å²) in [5.74, 6) is 0.0721. The van der Waals surface area contributed by atoms with Crippen LogP contribution in [0.5, 0.6) is 0 Å². The smallest absolute Gasteiger partial charge is 0.168 e. The average Bonchev–Trinajstić information content (AvgIpc) is 2.46. The quantitative estimate of drug-likeness (QED) is 0.753. The molecule has 0 spiro atoms. The summed E-state index contributed by atoms with van der Waals surface area (Å²) in [5, 5.41) is 0.637. The Hall–Kier alpha value is -1.93. The van der Waals surface area contributed by atoms with Crippen molar-refractivity contribution >= 4 is 23.1 Å². The Balaban J connectivity index is 1.91. The number of nitrogens with zero attached hydrogens (tertiary/aromatic N) is 1. The van der Waals surface area contributed by atoms with Gasteiger partial charge in [0.25, 0.3) is 0 Å². The lowest BCUT2D eigenvalue weighted by Crippen LogP contribution is -2.29. The standard InChI is InChI=1S/C19H18ClNO/c1-19(2)12-14-5-3-4-6-16(14)17(21-19)11-18(22)13-7-9-15(20)10-8-13/h3-10H,11-12H2,1-2H3. The Bertz CT molecular complexity index is 744. The number of fused-ring (bicyclic) bond motifs is 1. The highest BCUT2D eigenvalue weighted by molar-refractivity contribution is 6.30. The van der Waals surface area contributed by atoms with Crippen molar-refractivity contribution in [1.29, 1.82) is 0 Å². The molecule has 2 aromatic rings. The second kappa shape index (κ2) is 5.69. The van der Waals surface area contributed by atoms with Crippen LogP contribution in [0.1, 0.15) is 41.8 Å². The summed E-state index contributed by atoms with van der Waals surface area (Å²) >= 11 is 5.88. The monoisotopic (exact) mass is 311 g/mol. The maximum atomic E-state index is 12.5. The van der Waals surface area contributed by atoms with Crippen molar-refractivity contribution in [3.05, 3.63) is 70.2 Å². The fraction of sp³-hybridized carbons (Fsp3) is 0.263. The van der Waals surface area contributed by atoms with Crippen molar-refractivity contribution in [2.45, 2.75) is 32.2 Å². The van der Waals surface area contributed by atoms with Crippen LogP contribution in [0.2, 0.25) is 5.02 Å². The topological polar surface area (TPSA) is 29.4 Å². The summed E-state index contributed by atoms with van der Waals surface area (Å²) < 4.78 is 0. The van der Waals surface area contributed by atoms with Crippen molar-refractivity contribution in [2.75, 3.05) is 0 Å². The third-order valence-electron chi connectivity index (χ3n) is 3.88. The molecule has 1 heterocycles. The van der Waals surface area contributed by atoms with Gasteiger partial charge in [0.15, 0.2) is 5.78 Å². The fourth-order valence-electron chi connectivity index (χ4n) is 2.91. The Morgan fingerprint density at radius 2 is 1.82 bits per heavy atom. The molecule has 112 valence electrons. The van der Waals surface area contributed by atoms with E-state index in [0.717, 1.165) is 17.7 Å². The second-order valence-corrected chi connectivity index (χ2v) is 6.75.